The van der Waals surface area contributed by atoms with E-state index in [0.717, 1.165) is 0 Å². The highest BCUT2D eigenvalue weighted by Crippen LogP contribution is 2.21. The molecule has 0 aliphatic carbocycles. The molecule has 0 aromatic heterocycles. The maximum Gasteiger partial charge on any atom is 0.249 e. The second-order valence-corrected chi connectivity index (χ2v) is 5.00. The number of amides is 1. The first kappa shape index (κ1) is 15.2. The van der Waals surface area contributed by atoms with Crippen LogP contribution in [0.3, 0.4) is 0 Å². The highest BCUT2D eigenvalue weighted by Gasteiger charge is 2.27. The minimum Gasteiger partial charge on any atom is -0.323 e. The molecule has 1 rings (SSSR count). The van der Waals surface area contributed by atoms with Crippen LogP contribution in [0.15, 0.2) is 24.3 Å². The fourth-order valence-electron chi connectivity index (χ4n) is 1.56. The number of rotatable bonds is 5. The third kappa shape index (κ3) is 4.38. The molecule has 1 aromatic rings. The summed E-state index contributed by atoms with van der Waals surface area (Å²) in [5.74, 6) is -2.20. The van der Waals surface area contributed by atoms with Crippen LogP contribution in [-0.4, -0.2) is 11.7 Å². The first-order valence-corrected chi connectivity index (χ1v) is 6.31. The Kier molecular flexibility index (Phi) is 5.53. The van der Waals surface area contributed by atoms with Crippen LogP contribution in [0.25, 0.3) is 0 Å². The van der Waals surface area contributed by atoms with Crippen molar-refractivity contribution in [2.24, 2.45) is 11.8 Å². The molecular weight excluding hydrogens is 264 g/mol. The predicted molar refractivity (Wildman–Crippen MR) is 73.6 cm³/mol. The van der Waals surface area contributed by atoms with E-state index in [4.69, 9.17) is 16.9 Å². The van der Waals surface area contributed by atoms with Gasteiger partial charge in [0.1, 0.15) is 0 Å². The van der Waals surface area contributed by atoms with E-state index in [1.54, 1.807) is 30.3 Å². The summed E-state index contributed by atoms with van der Waals surface area (Å²) in [6, 6.07) is 8.41. The molecule has 0 fully saturated rings. The Morgan fingerprint density at radius 1 is 1.37 bits per heavy atom. The third-order valence-electron chi connectivity index (χ3n) is 2.45. The molecule has 1 unspecified atom stereocenters. The highest BCUT2D eigenvalue weighted by atomic mass is 35.5. The minimum atomic E-state index is -1.29. The van der Waals surface area contributed by atoms with Crippen molar-refractivity contribution in [3.63, 3.8) is 0 Å². The lowest BCUT2D eigenvalue weighted by Gasteiger charge is -2.11. The van der Waals surface area contributed by atoms with E-state index in [2.05, 4.69) is 5.32 Å². The van der Waals surface area contributed by atoms with Crippen molar-refractivity contribution in [3.8, 4) is 6.07 Å². The van der Waals surface area contributed by atoms with Crippen molar-refractivity contribution in [1.29, 1.82) is 5.26 Å². The average molecular weight is 279 g/mol. The van der Waals surface area contributed by atoms with Gasteiger partial charge in [-0.2, -0.15) is 5.26 Å². The maximum atomic E-state index is 11.9. The standard InChI is InChI=1S/C14H15ClN2O2/c1-9(2)7-13(18)10(8-16)14(19)17-12-6-4-3-5-11(12)15/h3-6,9-10H,7H2,1-2H3,(H,17,19). The summed E-state index contributed by atoms with van der Waals surface area (Å²) < 4.78 is 0. The number of nitrogens with one attached hydrogen (secondary N) is 1. The molecule has 0 heterocycles. The van der Waals surface area contributed by atoms with E-state index in [1.165, 1.54) is 0 Å². The van der Waals surface area contributed by atoms with E-state index in [0.29, 0.717) is 10.7 Å². The summed E-state index contributed by atoms with van der Waals surface area (Å²) in [5.41, 5.74) is 0.395. The molecule has 1 amide bonds. The number of nitrogens with zero attached hydrogens (tertiary/aromatic N) is 1. The summed E-state index contributed by atoms with van der Waals surface area (Å²) in [6.45, 7) is 3.72. The smallest absolute Gasteiger partial charge is 0.249 e. The topological polar surface area (TPSA) is 70.0 Å². The zero-order valence-corrected chi connectivity index (χ0v) is 11.6. The molecule has 0 radical (unpaired) electrons. The normalized spacial score (nSPS) is 11.7. The summed E-state index contributed by atoms with van der Waals surface area (Å²) in [5, 5.41) is 11.8. The van der Waals surface area contributed by atoms with Crippen molar-refractivity contribution in [2.45, 2.75) is 20.3 Å². The van der Waals surface area contributed by atoms with Gasteiger partial charge in [-0.15, -0.1) is 0 Å². The van der Waals surface area contributed by atoms with E-state index >= 15 is 0 Å². The Morgan fingerprint density at radius 2 is 2.00 bits per heavy atom. The Labute approximate surface area is 117 Å². The molecular formula is C14H15ClN2O2. The number of anilines is 1. The first-order valence-electron chi connectivity index (χ1n) is 5.93. The van der Waals surface area contributed by atoms with Gasteiger partial charge in [0.2, 0.25) is 5.91 Å². The number of Topliss-reactive ketones (excluding diaryl/α,β-unsaturated/α-hetero) is 1. The molecule has 0 saturated heterocycles. The molecule has 1 atom stereocenters. The number of hydrogen-bond donors (Lipinski definition) is 1. The second kappa shape index (κ2) is 6.91. The minimum absolute atomic E-state index is 0.108. The predicted octanol–water partition coefficient (Wildman–Crippen LogP) is 3.03. The van der Waals surface area contributed by atoms with Crippen molar-refractivity contribution in [3.05, 3.63) is 29.3 Å². The summed E-state index contributed by atoms with van der Waals surface area (Å²) in [4.78, 5) is 23.7. The number of nitriles is 1. The largest absolute Gasteiger partial charge is 0.323 e. The van der Waals surface area contributed by atoms with Crippen LogP contribution in [0.5, 0.6) is 0 Å². The first-order chi connectivity index (χ1) is 8.95. The van der Waals surface area contributed by atoms with E-state index < -0.39 is 11.8 Å². The molecule has 1 aromatic carbocycles. The van der Waals surface area contributed by atoms with Crippen molar-refractivity contribution in [2.75, 3.05) is 5.32 Å². The lowest BCUT2D eigenvalue weighted by atomic mass is 9.96. The van der Waals surface area contributed by atoms with Crippen LogP contribution >= 0.6 is 11.6 Å². The van der Waals surface area contributed by atoms with Gasteiger partial charge in [-0.25, -0.2) is 0 Å². The van der Waals surface area contributed by atoms with Gasteiger partial charge in [-0.3, -0.25) is 9.59 Å². The molecule has 0 spiro atoms. The number of benzene rings is 1. The second-order valence-electron chi connectivity index (χ2n) is 4.60. The van der Waals surface area contributed by atoms with Crippen molar-refractivity contribution >= 4 is 29.0 Å². The Hall–Kier alpha value is -1.86. The zero-order valence-electron chi connectivity index (χ0n) is 10.8. The van der Waals surface area contributed by atoms with Gasteiger partial charge in [0.05, 0.1) is 16.8 Å². The molecule has 19 heavy (non-hydrogen) atoms. The Morgan fingerprint density at radius 3 is 2.53 bits per heavy atom. The van der Waals surface area contributed by atoms with E-state index in [1.807, 2.05) is 13.8 Å². The highest BCUT2D eigenvalue weighted by molar-refractivity contribution is 6.33. The van der Waals surface area contributed by atoms with Crippen LogP contribution in [0.2, 0.25) is 5.02 Å². The monoisotopic (exact) mass is 278 g/mol. The molecule has 100 valence electrons. The number of ketones is 1. The Balaban J connectivity index is 2.79. The molecule has 0 saturated carbocycles. The van der Waals surface area contributed by atoms with Gasteiger partial charge >= 0.3 is 0 Å². The molecule has 4 nitrogen and oxygen atoms in total. The average Bonchev–Trinajstić information content (AvgIpc) is 2.32. The van der Waals surface area contributed by atoms with Gasteiger partial charge in [0.15, 0.2) is 11.7 Å². The molecule has 1 N–H and O–H groups in total. The lowest BCUT2D eigenvalue weighted by Crippen LogP contribution is -2.29. The lowest BCUT2D eigenvalue weighted by molar-refractivity contribution is -0.129. The van der Waals surface area contributed by atoms with Gasteiger partial charge in [-0.05, 0) is 18.1 Å². The van der Waals surface area contributed by atoms with Crippen LogP contribution in [0.4, 0.5) is 5.69 Å². The van der Waals surface area contributed by atoms with E-state index in [-0.39, 0.29) is 18.1 Å². The van der Waals surface area contributed by atoms with E-state index in [9.17, 15) is 9.59 Å². The number of carbonyl (C=O) groups is 2. The number of halogens is 1. The van der Waals surface area contributed by atoms with Gasteiger partial charge in [0.25, 0.3) is 0 Å². The zero-order chi connectivity index (χ0) is 14.4. The summed E-state index contributed by atoms with van der Waals surface area (Å²) >= 11 is 5.90. The summed E-state index contributed by atoms with van der Waals surface area (Å²) in [6.07, 6.45) is 0.203. The van der Waals surface area contributed by atoms with Gasteiger partial charge in [0, 0.05) is 6.42 Å². The number of carbonyl (C=O) groups excluding carboxylic acids is 2. The van der Waals surface area contributed by atoms with Crippen LogP contribution in [0, 0.1) is 23.2 Å². The van der Waals surface area contributed by atoms with Crippen molar-refractivity contribution in [1.82, 2.24) is 0 Å². The molecule has 0 aliphatic rings. The molecule has 0 bridgehead atoms. The van der Waals surface area contributed by atoms with Crippen molar-refractivity contribution < 1.29 is 9.59 Å². The summed E-state index contributed by atoms with van der Waals surface area (Å²) in [7, 11) is 0. The van der Waals surface area contributed by atoms with Crippen LogP contribution in [0.1, 0.15) is 20.3 Å². The SMILES string of the molecule is CC(C)CC(=O)C(C#N)C(=O)Nc1ccccc1Cl. The third-order valence-corrected chi connectivity index (χ3v) is 2.78. The number of hydrogen-bond acceptors (Lipinski definition) is 3. The maximum absolute atomic E-state index is 11.9. The quantitative estimate of drug-likeness (QED) is 0.842. The fraction of sp³-hybridized carbons (Fsp3) is 0.357. The molecule has 5 heteroatoms. The van der Waals surface area contributed by atoms with Crippen LogP contribution in [-0.2, 0) is 9.59 Å². The Bertz CT molecular complexity index is 520. The van der Waals surface area contributed by atoms with Crippen LogP contribution < -0.4 is 5.32 Å². The fourth-order valence-corrected chi connectivity index (χ4v) is 1.75. The molecule has 0 aliphatic heterocycles. The number of para-hydroxylation sites is 1. The van der Waals surface area contributed by atoms with Gasteiger partial charge in [-0.1, -0.05) is 37.6 Å². The van der Waals surface area contributed by atoms with Gasteiger partial charge < -0.3 is 5.32 Å².